The number of primary amides is 1. The number of carbonyl (C=O) groups is 1. The van der Waals surface area contributed by atoms with Gasteiger partial charge in [0.25, 0.3) is 0 Å². The molecule has 6 heteroatoms. The van der Waals surface area contributed by atoms with E-state index in [-0.39, 0.29) is 12.4 Å². The Labute approximate surface area is 134 Å². The molecule has 2 aromatic rings. The van der Waals surface area contributed by atoms with Crippen molar-refractivity contribution in [1.29, 1.82) is 0 Å². The highest BCUT2D eigenvalue weighted by atomic mass is 79.9. The van der Waals surface area contributed by atoms with Gasteiger partial charge in [-0.25, -0.2) is 4.79 Å². The third-order valence-electron chi connectivity index (χ3n) is 2.39. The highest BCUT2D eigenvalue weighted by Crippen LogP contribution is 2.27. The Morgan fingerprint density at radius 1 is 0.842 bits per heavy atom. The number of amides is 2. The average Bonchev–Trinajstić information content (AvgIpc) is 2.34. The summed E-state index contributed by atoms with van der Waals surface area (Å²) >= 11 is 6.71. The molecular weight excluding hydrogens is 395 g/mol. The Balaban J connectivity index is 0.00000180. The Bertz CT molecular complexity index is 512. The van der Waals surface area contributed by atoms with E-state index in [1.54, 1.807) is 0 Å². The zero-order valence-electron chi connectivity index (χ0n) is 9.72. The van der Waals surface area contributed by atoms with E-state index in [0.717, 1.165) is 20.3 Å². The van der Waals surface area contributed by atoms with Gasteiger partial charge in [-0.1, -0.05) is 31.9 Å². The number of rotatable bonds is 2. The van der Waals surface area contributed by atoms with Gasteiger partial charge in [-0.3, -0.25) is 4.90 Å². The van der Waals surface area contributed by atoms with Gasteiger partial charge in [0.2, 0.25) is 0 Å². The summed E-state index contributed by atoms with van der Waals surface area (Å²) in [5.41, 5.74) is 6.90. The molecule has 0 aliphatic carbocycles. The van der Waals surface area contributed by atoms with Crippen molar-refractivity contribution in [2.24, 2.45) is 5.73 Å². The summed E-state index contributed by atoms with van der Waals surface area (Å²) in [5.74, 6) is 0. The molecule has 19 heavy (non-hydrogen) atoms. The Hall–Kier alpha value is -1.04. The van der Waals surface area contributed by atoms with Gasteiger partial charge in [0.05, 0.1) is 11.4 Å². The molecule has 0 radical (unpaired) electrons. The Kier molecular flexibility index (Phi) is 5.85. The van der Waals surface area contributed by atoms with Crippen molar-refractivity contribution in [1.82, 2.24) is 0 Å². The number of nitrogens with zero attached hydrogens (tertiary/aromatic N) is 1. The summed E-state index contributed by atoms with van der Waals surface area (Å²) in [6, 6.07) is 14.3. The molecule has 2 rings (SSSR count). The minimum Gasteiger partial charge on any atom is -0.351 e. The second-order valence-corrected chi connectivity index (χ2v) is 5.46. The lowest BCUT2D eigenvalue weighted by Gasteiger charge is -2.20. The first kappa shape index (κ1) is 16.0. The maximum Gasteiger partial charge on any atom is 0.323 e. The molecule has 0 fully saturated rings. The molecule has 0 saturated carbocycles. The summed E-state index contributed by atoms with van der Waals surface area (Å²) in [4.78, 5) is 13.1. The van der Waals surface area contributed by atoms with Crippen LogP contribution in [-0.4, -0.2) is 6.03 Å². The predicted octanol–water partition coefficient (Wildman–Crippen LogP) is 4.85. The highest BCUT2D eigenvalue weighted by molar-refractivity contribution is 9.10. The normalized spacial score (nSPS) is 9.58. The van der Waals surface area contributed by atoms with Crippen LogP contribution in [0.1, 0.15) is 0 Å². The second-order valence-electron chi connectivity index (χ2n) is 3.63. The molecule has 0 unspecified atom stereocenters. The molecule has 100 valence electrons. The fourth-order valence-electron chi connectivity index (χ4n) is 1.58. The lowest BCUT2D eigenvalue weighted by Crippen LogP contribution is -2.31. The van der Waals surface area contributed by atoms with Crippen LogP contribution in [0.4, 0.5) is 16.2 Å². The maximum atomic E-state index is 11.6. The van der Waals surface area contributed by atoms with Gasteiger partial charge in [-0.15, -0.1) is 12.4 Å². The van der Waals surface area contributed by atoms with Gasteiger partial charge < -0.3 is 5.73 Å². The van der Waals surface area contributed by atoms with Crippen molar-refractivity contribution in [2.75, 3.05) is 4.90 Å². The van der Waals surface area contributed by atoms with E-state index in [1.807, 2.05) is 48.5 Å². The maximum absolute atomic E-state index is 11.6. The Morgan fingerprint density at radius 2 is 1.16 bits per heavy atom. The molecular formula is C13H11Br2ClN2O. The van der Waals surface area contributed by atoms with Gasteiger partial charge in [0.15, 0.2) is 0 Å². The molecule has 0 saturated heterocycles. The summed E-state index contributed by atoms with van der Waals surface area (Å²) in [6.07, 6.45) is 0. The average molecular weight is 407 g/mol. The zero-order valence-corrected chi connectivity index (χ0v) is 13.7. The fraction of sp³-hybridized carbons (Fsp3) is 0. The minimum atomic E-state index is -0.514. The smallest absolute Gasteiger partial charge is 0.323 e. The van der Waals surface area contributed by atoms with Gasteiger partial charge >= 0.3 is 6.03 Å². The zero-order chi connectivity index (χ0) is 13.1. The number of benzene rings is 2. The SMILES string of the molecule is Cl.NC(=O)N(c1ccc(Br)cc1)c1ccc(Br)cc1. The van der Waals surface area contributed by atoms with Gasteiger partial charge in [-0.2, -0.15) is 0 Å². The third-order valence-corrected chi connectivity index (χ3v) is 3.45. The van der Waals surface area contributed by atoms with Crippen LogP contribution < -0.4 is 10.6 Å². The Morgan fingerprint density at radius 3 is 1.42 bits per heavy atom. The number of carbonyl (C=O) groups excluding carboxylic acids is 1. The van der Waals surface area contributed by atoms with Crippen LogP contribution in [0, 0.1) is 0 Å². The molecule has 0 heterocycles. The molecule has 0 aliphatic rings. The number of halogens is 3. The number of hydrogen-bond acceptors (Lipinski definition) is 1. The van der Waals surface area contributed by atoms with Crippen molar-refractivity contribution >= 4 is 61.7 Å². The molecule has 0 bridgehead atoms. The predicted molar refractivity (Wildman–Crippen MR) is 87.3 cm³/mol. The van der Waals surface area contributed by atoms with Gasteiger partial charge in [-0.05, 0) is 48.5 Å². The fourth-order valence-corrected chi connectivity index (χ4v) is 2.11. The second kappa shape index (κ2) is 6.93. The molecule has 0 atom stereocenters. The van der Waals surface area contributed by atoms with E-state index in [9.17, 15) is 4.79 Å². The third kappa shape index (κ3) is 3.96. The molecule has 0 aromatic heterocycles. The van der Waals surface area contributed by atoms with Crippen LogP contribution in [0.15, 0.2) is 57.5 Å². The minimum absolute atomic E-state index is 0. The van der Waals surface area contributed by atoms with E-state index >= 15 is 0 Å². The number of hydrogen-bond donors (Lipinski definition) is 1. The van der Waals surface area contributed by atoms with Crippen molar-refractivity contribution in [3.05, 3.63) is 57.5 Å². The topological polar surface area (TPSA) is 46.3 Å². The number of urea groups is 1. The summed E-state index contributed by atoms with van der Waals surface area (Å²) in [5, 5.41) is 0. The molecule has 3 nitrogen and oxygen atoms in total. The van der Waals surface area contributed by atoms with Crippen LogP contribution in [0.25, 0.3) is 0 Å². The van der Waals surface area contributed by atoms with Crippen molar-refractivity contribution < 1.29 is 4.79 Å². The molecule has 2 amide bonds. The van der Waals surface area contributed by atoms with Crippen molar-refractivity contribution in [3.63, 3.8) is 0 Å². The molecule has 0 aliphatic heterocycles. The van der Waals surface area contributed by atoms with Crippen LogP contribution in [0.2, 0.25) is 0 Å². The monoisotopic (exact) mass is 404 g/mol. The first-order chi connectivity index (χ1) is 8.58. The van der Waals surface area contributed by atoms with Crippen LogP contribution in [0.5, 0.6) is 0 Å². The van der Waals surface area contributed by atoms with E-state index in [1.165, 1.54) is 4.90 Å². The van der Waals surface area contributed by atoms with Crippen LogP contribution >= 0.6 is 44.3 Å². The van der Waals surface area contributed by atoms with E-state index in [0.29, 0.717) is 0 Å². The number of anilines is 2. The standard InChI is InChI=1S/C13H10Br2N2O.ClH/c14-9-1-5-11(6-2-9)17(13(16)18)12-7-3-10(15)4-8-12;/h1-8H,(H2,16,18);1H. The summed E-state index contributed by atoms with van der Waals surface area (Å²) < 4.78 is 1.90. The van der Waals surface area contributed by atoms with Crippen LogP contribution in [-0.2, 0) is 0 Å². The first-order valence-electron chi connectivity index (χ1n) is 5.18. The molecule has 2 aromatic carbocycles. The van der Waals surface area contributed by atoms with Crippen molar-refractivity contribution in [2.45, 2.75) is 0 Å². The lowest BCUT2D eigenvalue weighted by atomic mass is 10.2. The summed E-state index contributed by atoms with van der Waals surface area (Å²) in [7, 11) is 0. The quantitative estimate of drug-likeness (QED) is 0.761. The largest absolute Gasteiger partial charge is 0.351 e. The molecule has 2 N–H and O–H groups in total. The van der Waals surface area contributed by atoms with Crippen LogP contribution in [0.3, 0.4) is 0 Å². The van der Waals surface area contributed by atoms with E-state index < -0.39 is 6.03 Å². The van der Waals surface area contributed by atoms with Gasteiger partial charge in [0.1, 0.15) is 0 Å². The van der Waals surface area contributed by atoms with Crippen molar-refractivity contribution in [3.8, 4) is 0 Å². The highest BCUT2D eigenvalue weighted by Gasteiger charge is 2.14. The van der Waals surface area contributed by atoms with E-state index in [2.05, 4.69) is 31.9 Å². The molecule has 0 spiro atoms. The summed E-state index contributed by atoms with van der Waals surface area (Å²) in [6.45, 7) is 0. The lowest BCUT2D eigenvalue weighted by molar-refractivity contribution is 0.256. The number of nitrogens with two attached hydrogens (primary N) is 1. The first-order valence-corrected chi connectivity index (χ1v) is 6.77. The van der Waals surface area contributed by atoms with Gasteiger partial charge in [0, 0.05) is 8.95 Å². The van der Waals surface area contributed by atoms with E-state index in [4.69, 9.17) is 5.73 Å².